The van der Waals surface area contributed by atoms with Crippen molar-refractivity contribution in [2.75, 3.05) is 0 Å². The minimum absolute atomic E-state index is 0.0147. The minimum atomic E-state index is -2.04. The molecular formula is C29H44O4Si. The lowest BCUT2D eigenvalue weighted by molar-refractivity contribution is -0.137. The zero-order chi connectivity index (χ0) is 25.2. The molecule has 0 saturated carbocycles. The van der Waals surface area contributed by atoms with Crippen molar-refractivity contribution >= 4 is 14.3 Å². The Kier molecular flexibility index (Phi) is 10.8. The highest BCUT2D eigenvalue weighted by Crippen LogP contribution is 2.42. The van der Waals surface area contributed by atoms with Crippen molar-refractivity contribution in [1.82, 2.24) is 0 Å². The lowest BCUT2D eigenvalue weighted by Gasteiger charge is -2.38. The molecule has 0 radical (unpaired) electrons. The predicted octanol–water partition coefficient (Wildman–Crippen LogP) is 7.42. The highest BCUT2D eigenvalue weighted by Gasteiger charge is 2.41. The fraction of sp³-hybridized carbons (Fsp3) is 0.552. The molecule has 1 aromatic carbocycles. The highest BCUT2D eigenvalue weighted by atomic mass is 28.4. The number of hydrogen-bond donors (Lipinski definition) is 2. The molecule has 0 spiro atoms. The van der Waals surface area contributed by atoms with Crippen LogP contribution in [0.3, 0.4) is 0 Å². The van der Waals surface area contributed by atoms with Gasteiger partial charge in [0.15, 0.2) is 0 Å². The summed E-state index contributed by atoms with van der Waals surface area (Å²) in [5, 5.41) is 19.6. The molecule has 0 heterocycles. The minimum Gasteiger partial charge on any atom is -0.544 e. The first-order chi connectivity index (χ1) is 16.0. The Morgan fingerprint density at radius 2 is 1.82 bits per heavy atom. The van der Waals surface area contributed by atoms with Crippen LogP contribution >= 0.6 is 0 Å². The van der Waals surface area contributed by atoms with Gasteiger partial charge in [0.25, 0.3) is 0 Å². The van der Waals surface area contributed by atoms with Gasteiger partial charge in [-0.1, -0.05) is 69.3 Å². The number of allylic oxidation sites excluding steroid dienone is 4. The smallest absolute Gasteiger partial charge is 0.303 e. The summed E-state index contributed by atoms with van der Waals surface area (Å²) in [6.45, 7) is 11.3. The van der Waals surface area contributed by atoms with Gasteiger partial charge in [0.2, 0.25) is 8.32 Å². The van der Waals surface area contributed by atoms with E-state index in [2.05, 4.69) is 76.4 Å². The fourth-order valence-corrected chi connectivity index (χ4v) is 4.96. The van der Waals surface area contributed by atoms with Crippen LogP contribution in [-0.4, -0.2) is 30.6 Å². The number of aryl methyl sites for hydroxylation is 1. The van der Waals surface area contributed by atoms with E-state index in [0.29, 0.717) is 12.8 Å². The van der Waals surface area contributed by atoms with E-state index in [4.69, 9.17) is 9.53 Å². The first-order valence-corrected chi connectivity index (χ1v) is 15.6. The van der Waals surface area contributed by atoms with E-state index >= 15 is 0 Å². The third-order valence-electron chi connectivity index (χ3n) is 7.06. The van der Waals surface area contributed by atoms with E-state index in [1.807, 2.05) is 12.1 Å². The zero-order valence-corrected chi connectivity index (χ0v) is 22.7. The largest absolute Gasteiger partial charge is 0.544 e. The Hall–Kier alpha value is -2.11. The Morgan fingerprint density at radius 3 is 2.47 bits per heavy atom. The van der Waals surface area contributed by atoms with E-state index in [0.717, 1.165) is 43.4 Å². The van der Waals surface area contributed by atoms with E-state index in [-0.39, 0.29) is 17.4 Å². The highest BCUT2D eigenvalue weighted by molar-refractivity contribution is 6.74. The van der Waals surface area contributed by atoms with Gasteiger partial charge < -0.3 is 14.6 Å². The lowest BCUT2D eigenvalue weighted by atomic mass is 9.93. The maximum Gasteiger partial charge on any atom is 0.303 e. The Balaban J connectivity index is 2.11. The van der Waals surface area contributed by atoms with E-state index < -0.39 is 20.4 Å². The molecule has 5 heteroatoms. The van der Waals surface area contributed by atoms with E-state index in [9.17, 15) is 9.90 Å². The van der Waals surface area contributed by atoms with Crippen LogP contribution in [0.5, 0.6) is 0 Å². The average molecular weight is 485 g/mol. The van der Waals surface area contributed by atoms with Crippen molar-refractivity contribution in [1.29, 1.82) is 0 Å². The molecule has 0 aliphatic heterocycles. The molecule has 4 nitrogen and oxygen atoms in total. The number of carboxylic acids is 1. The molecule has 2 atom stereocenters. The number of hydrogen-bond acceptors (Lipinski definition) is 3. The topological polar surface area (TPSA) is 66.8 Å². The van der Waals surface area contributed by atoms with Crippen LogP contribution < -0.4 is 0 Å². The van der Waals surface area contributed by atoms with Gasteiger partial charge in [0, 0.05) is 12.3 Å². The number of rotatable bonds is 13. The number of aliphatic hydroxyl groups is 1. The van der Waals surface area contributed by atoms with Gasteiger partial charge >= 0.3 is 5.97 Å². The summed E-state index contributed by atoms with van der Waals surface area (Å²) in [5.41, 5.74) is 2.48. The Morgan fingerprint density at radius 1 is 1.12 bits per heavy atom. The zero-order valence-electron chi connectivity index (χ0n) is 21.7. The number of carboxylic acid groups (broad SMARTS) is 1. The van der Waals surface area contributed by atoms with Gasteiger partial charge in [0.05, 0.1) is 6.10 Å². The monoisotopic (exact) mass is 484 g/mol. The summed E-state index contributed by atoms with van der Waals surface area (Å²) in [5.74, 6) is 0.219. The van der Waals surface area contributed by atoms with Gasteiger partial charge in [-0.05, 0) is 80.3 Å². The van der Waals surface area contributed by atoms with Crippen molar-refractivity contribution in [2.45, 2.75) is 96.4 Å². The normalized spacial score (nSPS) is 19.5. The van der Waals surface area contributed by atoms with Crippen molar-refractivity contribution in [3.63, 3.8) is 0 Å². The molecule has 2 rings (SSSR count). The molecule has 1 aliphatic rings. The number of carbonyl (C=O) groups is 1. The van der Waals surface area contributed by atoms with Crippen molar-refractivity contribution in [3.05, 3.63) is 71.5 Å². The first-order valence-electron chi connectivity index (χ1n) is 12.7. The third kappa shape index (κ3) is 8.92. The molecule has 0 saturated heterocycles. The Labute approximate surface area is 207 Å². The summed E-state index contributed by atoms with van der Waals surface area (Å²) < 4.78 is 6.82. The van der Waals surface area contributed by atoms with Crippen LogP contribution in [-0.2, 0) is 15.6 Å². The third-order valence-corrected chi connectivity index (χ3v) is 11.4. The number of aliphatic hydroxyl groups excluding tert-OH is 1. The molecule has 0 bridgehead atoms. The average Bonchev–Trinajstić information content (AvgIpc) is 3.12. The molecule has 1 aliphatic carbocycles. The van der Waals surface area contributed by atoms with Crippen molar-refractivity contribution in [3.8, 4) is 0 Å². The maximum absolute atomic E-state index is 10.7. The second-order valence-corrected chi connectivity index (χ2v) is 15.6. The van der Waals surface area contributed by atoms with Crippen LogP contribution in [0.1, 0.15) is 71.3 Å². The number of benzene rings is 1. The van der Waals surface area contributed by atoms with Crippen LogP contribution in [0.25, 0.3) is 0 Å². The molecule has 0 amide bonds. The molecular weight excluding hydrogens is 440 g/mol. The quantitative estimate of drug-likeness (QED) is 0.132. The Bertz CT molecular complexity index is 862. The van der Waals surface area contributed by atoms with E-state index in [1.165, 1.54) is 5.56 Å². The summed E-state index contributed by atoms with van der Waals surface area (Å²) >= 11 is 0. The summed E-state index contributed by atoms with van der Waals surface area (Å²) in [6.07, 6.45) is 14.1. The SMILES string of the molecule is CC(C)(C)[Si](C)(C)O/C(=C/CCCc1ccccc1)C1=CCC(O)C1C/C=C\CCCC(=O)O. The molecule has 2 N–H and O–H groups in total. The number of unbranched alkanes of at least 4 members (excludes halogenated alkanes) is 2. The second-order valence-electron chi connectivity index (χ2n) is 10.9. The van der Waals surface area contributed by atoms with Gasteiger partial charge in [-0.2, -0.15) is 0 Å². The van der Waals surface area contributed by atoms with E-state index in [1.54, 1.807) is 0 Å². The van der Waals surface area contributed by atoms with Crippen molar-refractivity contribution < 1.29 is 19.4 Å². The van der Waals surface area contributed by atoms with Crippen molar-refractivity contribution in [2.24, 2.45) is 5.92 Å². The van der Waals surface area contributed by atoms with Gasteiger partial charge in [-0.15, -0.1) is 0 Å². The fourth-order valence-electron chi connectivity index (χ4n) is 3.90. The van der Waals surface area contributed by atoms with Crippen LogP contribution in [0, 0.1) is 5.92 Å². The second kappa shape index (κ2) is 13.1. The first kappa shape index (κ1) is 28.1. The van der Waals surface area contributed by atoms with Gasteiger partial charge in [-0.3, -0.25) is 4.79 Å². The predicted molar refractivity (Wildman–Crippen MR) is 143 cm³/mol. The molecule has 188 valence electrons. The van der Waals surface area contributed by atoms with Gasteiger partial charge in [-0.25, -0.2) is 0 Å². The maximum atomic E-state index is 10.7. The molecule has 34 heavy (non-hydrogen) atoms. The van der Waals surface area contributed by atoms with Crippen LogP contribution in [0.2, 0.25) is 18.1 Å². The standard InChI is InChI=1S/C29H44O4Si/c1-29(2,3)34(4,5)33-27(19-14-13-17-23-15-9-8-10-16-23)25-21-22-26(30)24(25)18-11-6-7-12-20-28(31)32/h6,8-11,15-16,19,21,24,26,30H,7,12-14,17-18,20,22H2,1-5H3,(H,31,32)/b11-6-,27-19+. The summed E-state index contributed by atoms with van der Waals surface area (Å²) in [6, 6.07) is 10.6. The van der Waals surface area contributed by atoms with Gasteiger partial charge in [0.1, 0.15) is 5.76 Å². The van der Waals surface area contributed by atoms with Crippen LogP contribution in [0.4, 0.5) is 0 Å². The van der Waals surface area contributed by atoms with Crippen LogP contribution in [0.15, 0.2) is 66.0 Å². The lowest BCUT2D eigenvalue weighted by Crippen LogP contribution is -2.41. The molecule has 2 unspecified atom stereocenters. The summed E-state index contributed by atoms with van der Waals surface area (Å²) in [4.78, 5) is 10.7. The molecule has 1 aromatic rings. The molecule has 0 fully saturated rings. The molecule has 0 aromatic heterocycles. The summed E-state index contributed by atoms with van der Waals surface area (Å²) in [7, 11) is -2.04. The number of aliphatic carboxylic acids is 1.